The zero-order chi connectivity index (χ0) is 15.7. The average molecular weight is 309 g/mol. The maximum absolute atomic E-state index is 6.48. The Bertz CT molecular complexity index is 761. The van der Waals surface area contributed by atoms with Crippen LogP contribution in [-0.2, 0) is 6.42 Å². The number of nitrogens with zero attached hydrogens (tertiary/aromatic N) is 1. The summed E-state index contributed by atoms with van der Waals surface area (Å²) in [7, 11) is 0. The maximum atomic E-state index is 6.48. The largest absolute Gasteiger partial charge is 0.460 e. The third-order valence-electron chi connectivity index (χ3n) is 6.87. The second kappa shape index (κ2) is 4.86. The third kappa shape index (κ3) is 1.91. The summed E-state index contributed by atoms with van der Waals surface area (Å²) in [5, 5.41) is 1.38. The van der Waals surface area contributed by atoms with Crippen molar-refractivity contribution in [3.05, 3.63) is 35.1 Å². The zero-order valence-electron chi connectivity index (χ0n) is 14.5. The molecule has 0 spiro atoms. The van der Waals surface area contributed by atoms with Crippen molar-refractivity contribution in [3.63, 3.8) is 0 Å². The van der Waals surface area contributed by atoms with Crippen LogP contribution in [0.15, 0.2) is 22.6 Å². The minimum absolute atomic E-state index is 0.625. The van der Waals surface area contributed by atoms with E-state index in [1.54, 1.807) is 0 Å². The molecule has 2 heteroatoms. The quantitative estimate of drug-likeness (QED) is 0.745. The molecule has 6 rings (SSSR count). The molecule has 0 radical (unpaired) electrons. The Hall–Kier alpha value is -1.28. The number of aryl methyl sites for hydroxylation is 1. The minimum Gasteiger partial charge on any atom is -0.460 e. The lowest BCUT2D eigenvalue weighted by atomic mass is 9.65. The van der Waals surface area contributed by atoms with E-state index in [1.807, 2.05) is 0 Å². The molecule has 2 saturated heterocycles. The summed E-state index contributed by atoms with van der Waals surface area (Å²) < 4.78 is 6.48. The first-order chi connectivity index (χ1) is 11.2. The fraction of sp³-hybridized carbons (Fsp3) is 0.619. The molecule has 4 aliphatic rings. The number of hydrogen-bond donors (Lipinski definition) is 0. The Morgan fingerprint density at radius 3 is 2.96 bits per heavy atom. The normalized spacial score (nSPS) is 38.6. The monoisotopic (exact) mass is 309 g/mol. The summed E-state index contributed by atoms with van der Waals surface area (Å²) in [6, 6.07) is 8.05. The van der Waals surface area contributed by atoms with Gasteiger partial charge in [0, 0.05) is 35.5 Å². The molecule has 3 fully saturated rings. The molecule has 6 atom stereocenters. The molecule has 1 aromatic carbocycles. The van der Waals surface area contributed by atoms with E-state index >= 15 is 0 Å². The fourth-order valence-corrected chi connectivity index (χ4v) is 5.91. The molecule has 1 saturated carbocycles. The van der Waals surface area contributed by atoms with Crippen LogP contribution < -0.4 is 0 Å². The van der Waals surface area contributed by atoms with E-state index in [2.05, 4.69) is 43.9 Å². The molecule has 1 aromatic heterocycles. The van der Waals surface area contributed by atoms with Crippen LogP contribution in [0.4, 0.5) is 0 Å². The molecule has 2 aromatic rings. The predicted molar refractivity (Wildman–Crippen MR) is 93.9 cm³/mol. The number of furan rings is 1. The van der Waals surface area contributed by atoms with E-state index in [4.69, 9.17) is 4.42 Å². The molecule has 3 aliphatic heterocycles. The molecule has 2 nitrogen and oxygen atoms in total. The summed E-state index contributed by atoms with van der Waals surface area (Å²) in [6.07, 6.45) is 5.25. The molecule has 122 valence electrons. The Labute approximate surface area is 138 Å². The lowest BCUT2D eigenvalue weighted by Gasteiger charge is -2.54. The highest BCUT2D eigenvalue weighted by atomic mass is 16.3. The molecule has 5 unspecified atom stereocenters. The van der Waals surface area contributed by atoms with Gasteiger partial charge in [-0.15, -0.1) is 0 Å². The van der Waals surface area contributed by atoms with Crippen molar-refractivity contribution >= 4 is 11.0 Å². The van der Waals surface area contributed by atoms with Crippen molar-refractivity contribution in [3.8, 4) is 0 Å². The van der Waals surface area contributed by atoms with Crippen molar-refractivity contribution in [2.75, 3.05) is 6.54 Å². The summed E-state index contributed by atoms with van der Waals surface area (Å²) in [6.45, 7) is 8.33. The highest BCUT2D eigenvalue weighted by molar-refractivity contribution is 5.83. The smallest absolute Gasteiger partial charge is 0.134 e. The van der Waals surface area contributed by atoms with Gasteiger partial charge in [-0.2, -0.15) is 0 Å². The topological polar surface area (TPSA) is 16.4 Å². The van der Waals surface area contributed by atoms with Crippen molar-refractivity contribution in [2.24, 2.45) is 11.8 Å². The first-order valence-corrected chi connectivity index (χ1v) is 9.43. The van der Waals surface area contributed by atoms with Gasteiger partial charge in [0.15, 0.2) is 0 Å². The van der Waals surface area contributed by atoms with Gasteiger partial charge in [0.05, 0.1) is 0 Å². The van der Waals surface area contributed by atoms with Crippen molar-refractivity contribution in [1.29, 1.82) is 0 Å². The predicted octanol–water partition coefficient (Wildman–Crippen LogP) is 4.89. The summed E-state index contributed by atoms with van der Waals surface area (Å²) >= 11 is 0. The highest BCUT2D eigenvalue weighted by Crippen LogP contribution is 2.52. The SMILES string of the molecule is CCC1CC2CC3c4oc5ccc(C)cc5c4C[C@@H](C)N(C2)C13. The minimum atomic E-state index is 0.625. The summed E-state index contributed by atoms with van der Waals surface area (Å²) in [5.74, 6) is 3.70. The van der Waals surface area contributed by atoms with Crippen molar-refractivity contribution in [2.45, 2.75) is 64.5 Å². The Kier molecular flexibility index (Phi) is 2.98. The van der Waals surface area contributed by atoms with Crippen molar-refractivity contribution < 1.29 is 4.42 Å². The number of fused-ring (bicyclic) bond motifs is 4. The second-order valence-electron chi connectivity index (χ2n) is 8.30. The van der Waals surface area contributed by atoms with Gasteiger partial charge in [-0.05, 0) is 57.1 Å². The van der Waals surface area contributed by atoms with Crippen LogP contribution in [0.2, 0.25) is 0 Å². The van der Waals surface area contributed by atoms with Crippen LogP contribution in [0.5, 0.6) is 0 Å². The lowest BCUT2D eigenvalue weighted by molar-refractivity contribution is -0.0384. The van der Waals surface area contributed by atoms with Gasteiger partial charge in [-0.25, -0.2) is 0 Å². The van der Waals surface area contributed by atoms with E-state index < -0.39 is 0 Å². The Morgan fingerprint density at radius 1 is 1.26 bits per heavy atom. The Balaban J connectivity index is 1.72. The second-order valence-corrected chi connectivity index (χ2v) is 8.30. The highest BCUT2D eigenvalue weighted by Gasteiger charge is 2.51. The van der Waals surface area contributed by atoms with Crippen LogP contribution >= 0.6 is 0 Å². The van der Waals surface area contributed by atoms with E-state index in [0.717, 1.165) is 23.8 Å². The van der Waals surface area contributed by atoms with Gasteiger partial charge in [0.1, 0.15) is 11.3 Å². The summed E-state index contributed by atoms with van der Waals surface area (Å²) in [5.41, 5.74) is 3.97. The van der Waals surface area contributed by atoms with Crippen LogP contribution in [0.3, 0.4) is 0 Å². The maximum Gasteiger partial charge on any atom is 0.134 e. The van der Waals surface area contributed by atoms with E-state index in [9.17, 15) is 0 Å². The van der Waals surface area contributed by atoms with Gasteiger partial charge in [-0.3, -0.25) is 4.90 Å². The fourth-order valence-electron chi connectivity index (χ4n) is 5.91. The number of hydrogen-bond acceptors (Lipinski definition) is 2. The van der Waals surface area contributed by atoms with Crippen LogP contribution in [-0.4, -0.2) is 23.5 Å². The third-order valence-corrected chi connectivity index (χ3v) is 6.87. The number of rotatable bonds is 1. The van der Waals surface area contributed by atoms with E-state index in [1.165, 1.54) is 48.1 Å². The molecular formula is C21H27NO. The van der Waals surface area contributed by atoms with Gasteiger partial charge >= 0.3 is 0 Å². The number of benzene rings is 1. The first-order valence-electron chi connectivity index (χ1n) is 9.43. The first kappa shape index (κ1) is 14.1. The summed E-state index contributed by atoms with van der Waals surface area (Å²) in [4.78, 5) is 2.84. The Morgan fingerprint density at radius 2 is 2.13 bits per heavy atom. The van der Waals surface area contributed by atoms with Gasteiger partial charge in [-0.1, -0.05) is 25.0 Å². The van der Waals surface area contributed by atoms with E-state index in [-0.39, 0.29) is 0 Å². The van der Waals surface area contributed by atoms with Crippen LogP contribution in [0, 0.1) is 18.8 Å². The van der Waals surface area contributed by atoms with Crippen molar-refractivity contribution in [1.82, 2.24) is 4.90 Å². The number of piperidine rings is 2. The molecule has 1 aliphatic carbocycles. The van der Waals surface area contributed by atoms with Crippen LogP contribution in [0.1, 0.15) is 55.9 Å². The van der Waals surface area contributed by atoms with Gasteiger partial charge in [0.25, 0.3) is 0 Å². The molecule has 0 amide bonds. The lowest BCUT2D eigenvalue weighted by Crippen LogP contribution is -2.58. The average Bonchev–Trinajstić information content (AvgIpc) is 2.88. The zero-order valence-corrected chi connectivity index (χ0v) is 14.5. The van der Waals surface area contributed by atoms with Crippen LogP contribution in [0.25, 0.3) is 11.0 Å². The molecule has 4 bridgehead atoms. The molecular weight excluding hydrogens is 282 g/mol. The van der Waals surface area contributed by atoms with Gasteiger partial charge in [0.2, 0.25) is 0 Å². The van der Waals surface area contributed by atoms with E-state index in [0.29, 0.717) is 18.0 Å². The standard InChI is InChI=1S/C21H27NO/c1-4-15-9-14-10-18-20(15)22(11-14)13(3)8-17-16-7-12(2)5-6-19(16)23-21(17)18/h5-7,13-15,18,20H,4,8-11H2,1-3H3/t13-,14?,15?,18?,20?/m1/s1. The van der Waals surface area contributed by atoms with Gasteiger partial charge < -0.3 is 4.42 Å². The molecule has 23 heavy (non-hydrogen) atoms. The molecule has 0 N–H and O–H groups in total. The molecule has 4 heterocycles.